The molecule has 0 aliphatic carbocycles. The van der Waals surface area contributed by atoms with Gasteiger partial charge in [0.1, 0.15) is 0 Å². The maximum absolute atomic E-state index is 12.7. The minimum atomic E-state index is -3.33. The minimum Gasteiger partial charge on any atom is -0.356 e. The molecule has 1 amide bonds. The van der Waals surface area contributed by atoms with Crippen molar-refractivity contribution in [1.29, 1.82) is 0 Å². The van der Waals surface area contributed by atoms with Gasteiger partial charge in [0.2, 0.25) is 15.9 Å². The van der Waals surface area contributed by atoms with Gasteiger partial charge >= 0.3 is 0 Å². The third-order valence-electron chi connectivity index (χ3n) is 6.55. The van der Waals surface area contributed by atoms with Crippen LogP contribution >= 0.6 is 0 Å². The highest BCUT2D eigenvalue weighted by atomic mass is 32.2. The molecule has 7 heteroatoms. The van der Waals surface area contributed by atoms with Crippen LogP contribution in [-0.2, 0) is 20.6 Å². The zero-order chi connectivity index (χ0) is 21.4. The second kappa shape index (κ2) is 11.3. The first-order chi connectivity index (χ1) is 14.5. The molecule has 6 nitrogen and oxygen atoms in total. The molecule has 2 aliphatic heterocycles. The van der Waals surface area contributed by atoms with Crippen LogP contribution < -0.4 is 5.32 Å². The lowest BCUT2D eigenvalue weighted by atomic mass is 9.97. The van der Waals surface area contributed by atoms with Crippen LogP contribution in [0.1, 0.15) is 57.4 Å². The number of nitrogens with one attached hydrogen (secondary N) is 1. The Morgan fingerprint density at radius 3 is 2.50 bits per heavy atom. The van der Waals surface area contributed by atoms with Crippen LogP contribution in [0.3, 0.4) is 0 Å². The molecule has 2 saturated heterocycles. The summed E-state index contributed by atoms with van der Waals surface area (Å²) in [6, 6.07) is 9.98. The number of hydrogen-bond acceptors (Lipinski definition) is 4. The summed E-state index contributed by atoms with van der Waals surface area (Å²) in [5.41, 5.74) is 0.802. The largest absolute Gasteiger partial charge is 0.356 e. The van der Waals surface area contributed by atoms with Crippen molar-refractivity contribution in [2.75, 3.05) is 32.7 Å². The highest BCUT2D eigenvalue weighted by molar-refractivity contribution is 7.88. The van der Waals surface area contributed by atoms with E-state index in [1.165, 1.54) is 32.2 Å². The van der Waals surface area contributed by atoms with Crippen molar-refractivity contribution in [2.45, 2.75) is 63.7 Å². The van der Waals surface area contributed by atoms with Crippen LogP contribution in [0.2, 0.25) is 0 Å². The van der Waals surface area contributed by atoms with Crippen molar-refractivity contribution in [2.24, 2.45) is 5.92 Å². The molecule has 1 atom stereocenters. The zero-order valence-electron chi connectivity index (χ0n) is 18.3. The fraction of sp³-hybridized carbons (Fsp3) is 0.696. The highest BCUT2D eigenvalue weighted by Gasteiger charge is 2.31. The van der Waals surface area contributed by atoms with Gasteiger partial charge < -0.3 is 10.2 Å². The average molecular weight is 436 g/mol. The van der Waals surface area contributed by atoms with Gasteiger partial charge in [-0.1, -0.05) is 43.7 Å². The van der Waals surface area contributed by atoms with Crippen molar-refractivity contribution in [3.63, 3.8) is 0 Å². The number of benzene rings is 1. The summed E-state index contributed by atoms with van der Waals surface area (Å²) in [7, 11) is -3.33. The maximum atomic E-state index is 12.7. The Morgan fingerprint density at radius 2 is 1.80 bits per heavy atom. The van der Waals surface area contributed by atoms with E-state index in [2.05, 4.69) is 17.1 Å². The van der Waals surface area contributed by atoms with Crippen LogP contribution in [0.5, 0.6) is 0 Å². The summed E-state index contributed by atoms with van der Waals surface area (Å²) in [5, 5.41) is 3.08. The quantitative estimate of drug-likeness (QED) is 0.606. The van der Waals surface area contributed by atoms with E-state index in [4.69, 9.17) is 0 Å². The molecule has 2 heterocycles. The molecular weight excluding hydrogens is 398 g/mol. The molecule has 0 saturated carbocycles. The van der Waals surface area contributed by atoms with E-state index in [0.29, 0.717) is 38.5 Å². The minimum absolute atomic E-state index is 0.0277. The van der Waals surface area contributed by atoms with Crippen molar-refractivity contribution < 1.29 is 13.2 Å². The molecule has 1 aromatic carbocycles. The maximum Gasteiger partial charge on any atom is 0.223 e. The fourth-order valence-corrected chi connectivity index (χ4v) is 6.29. The van der Waals surface area contributed by atoms with E-state index in [0.717, 1.165) is 18.5 Å². The second-order valence-electron chi connectivity index (χ2n) is 8.65. The Hall–Kier alpha value is -1.44. The first kappa shape index (κ1) is 23.2. The lowest BCUT2D eigenvalue weighted by Gasteiger charge is -2.35. The molecule has 1 unspecified atom stereocenters. The van der Waals surface area contributed by atoms with Crippen molar-refractivity contribution in [1.82, 2.24) is 14.5 Å². The van der Waals surface area contributed by atoms with E-state index >= 15 is 0 Å². The van der Waals surface area contributed by atoms with E-state index in [-0.39, 0.29) is 17.6 Å². The summed E-state index contributed by atoms with van der Waals surface area (Å²) < 4.78 is 26.9. The SMILES string of the molecule is CCC1CCCCN1CCCNC(=O)C1CCN(S(=O)(=O)Cc2ccccc2)CC1. The van der Waals surface area contributed by atoms with Crippen molar-refractivity contribution in [3.8, 4) is 0 Å². The van der Waals surface area contributed by atoms with Crippen molar-refractivity contribution >= 4 is 15.9 Å². The van der Waals surface area contributed by atoms with Gasteiger partial charge in [0.15, 0.2) is 0 Å². The Kier molecular flexibility index (Phi) is 8.72. The van der Waals surface area contributed by atoms with Gasteiger partial charge in [0.05, 0.1) is 5.75 Å². The normalized spacial score (nSPS) is 22.1. The van der Waals surface area contributed by atoms with Gasteiger partial charge in [-0.2, -0.15) is 0 Å². The lowest BCUT2D eigenvalue weighted by Crippen LogP contribution is -2.44. The topological polar surface area (TPSA) is 69.7 Å². The fourth-order valence-electron chi connectivity index (χ4n) is 4.73. The van der Waals surface area contributed by atoms with Crippen LogP contribution in [0, 0.1) is 5.92 Å². The average Bonchev–Trinajstić information content (AvgIpc) is 2.77. The third kappa shape index (κ3) is 6.53. The molecule has 1 N–H and O–H groups in total. The van der Waals surface area contributed by atoms with Gasteiger partial charge in [-0.25, -0.2) is 12.7 Å². The Bertz CT molecular complexity index is 761. The summed E-state index contributed by atoms with van der Waals surface area (Å²) in [6.07, 6.45) is 7.31. The van der Waals surface area contributed by atoms with E-state index in [9.17, 15) is 13.2 Å². The highest BCUT2D eigenvalue weighted by Crippen LogP contribution is 2.22. The number of piperidine rings is 2. The van der Waals surface area contributed by atoms with Crippen LogP contribution in [0.4, 0.5) is 0 Å². The predicted molar refractivity (Wildman–Crippen MR) is 120 cm³/mol. The zero-order valence-corrected chi connectivity index (χ0v) is 19.1. The molecule has 1 aromatic rings. The van der Waals surface area contributed by atoms with Crippen LogP contribution in [0.15, 0.2) is 30.3 Å². The smallest absolute Gasteiger partial charge is 0.223 e. The third-order valence-corrected chi connectivity index (χ3v) is 8.40. The Balaban J connectivity index is 1.36. The van der Waals surface area contributed by atoms with E-state index in [1.54, 1.807) is 4.31 Å². The van der Waals surface area contributed by atoms with Gasteiger partial charge in [-0.15, -0.1) is 0 Å². The van der Waals surface area contributed by atoms with Gasteiger partial charge in [-0.05, 0) is 50.6 Å². The lowest BCUT2D eigenvalue weighted by molar-refractivity contribution is -0.126. The Morgan fingerprint density at radius 1 is 1.07 bits per heavy atom. The van der Waals surface area contributed by atoms with Gasteiger partial charge in [0.25, 0.3) is 0 Å². The molecule has 168 valence electrons. The number of carbonyl (C=O) groups excluding carboxylic acids is 1. The first-order valence-corrected chi connectivity index (χ1v) is 13.1. The van der Waals surface area contributed by atoms with Crippen LogP contribution in [-0.4, -0.2) is 62.3 Å². The monoisotopic (exact) mass is 435 g/mol. The molecule has 2 aliphatic rings. The first-order valence-electron chi connectivity index (χ1n) is 11.5. The number of hydrogen-bond donors (Lipinski definition) is 1. The summed E-state index contributed by atoms with van der Waals surface area (Å²) >= 11 is 0. The molecule has 0 radical (unpaired) electrons. The number of carbonyl (C=O) groups is 1. The standard InChI is InChI=1S/C23H37N3O3S/c1-2-22-11-6-7-15-25(22)16-8-14-24-23(27)21-12-17-26(18-13-21)30(28,29)19-20-9-4-3-5-10-20/h3-5,9-10,21-22H,2,6-8,11-19H2,1H3,(H,24,27). The van der Waals surface area contributed by atoms with Crippen LogP contribution in [0.25, 0.3) is 0 Å². The number of likely N-dealkylation sites (tertiary alicyclic amines) is 1. The van der Waals surface area contributed by atoms with E-state index < -0.39 is 10.0 Å². The van der Waals surface area contributed by atoms with Gasteiger partial charge in [-0.3, -0.25) is 4.79 Å². The Labute approximate surface area is 182 Å². The number of amides is 1. The second-order valence-corrected chi connectivity index (χ2v) is 10.6. The number of rotatable bonds is 9. The predicted octanol–water partition coefficient (Wildman–Crippen LogP) is 3.00. The summed E-state index contributed by atoms with van der Waals surface area (Å²) in [4.78, 5) is 15.1. The molecule has 3 rings (SSSR count). The van der Waals surface area contributed by atoms with E-state index in [1.807, 2.05) is 30.3 Å². The number of nitrogens with zero attached hydrogens (tertiary/aromatic N) is 2. The molecular formula is C23H37N3O3S. The van der Waals surface area contributed by atoms with Crippen molar-refractivity contribution in [3.05, 3.63) is 35.9 Å². The molecule has 0 spiro atoms. The molecule has 0 aromatic heterocycles. The summed E-state index contributed by atoms with van der Waals surface area (Å²) in [5.74, 6) is 0.0345. The molecule has 0 bridgehead atoms. The molecule has 30 heavy (non-hydrogen) atoms. The number of sulfonamides is 1. The summed E-state index contributed by atoms with van der Waals surface area (Å²) in [6.45, 7) is 6.06. The van der Waals surface area contributed by atoms with Gasteiger partial charge in [0, 0.05) is 38.1 Å². The molecule has 2 fully saturated rings.